The van der Waals surface area contributed by atoms with Crippen LogP contribution in [-0.2, 0) is 16.1 Å². The maximum absolute atomic E-state index is 11.7. The summed E-state index contributed by atoms with van der Waals surface area (Å²) in [6.45, 7) is 0.0323. The Morgan fingerprint density at radius 3 is 2.86 bits per heavy atom. The molecule has 0 amide bonds. The van der Waals surface area contributed by atoms with E-state index in [1.54, 1.807) is 22.9 Å². The smallest absolute Gasteiger partial charge is 0.325 e. The highest BCUT2D eigenvalue weighted by atomic mass is 35.5. The van der Waals surface area contributed by atoms with Crippen molar-refractivity contribution in [3.8, 4) is 11.4 Å². The van der Waals surface area contributed by atoms with E-state index in [2.05, 4.69) is 9.97 Å². The lowest BCUT2D eigenvalue weighted by Gasteiger charge is -2.08. The molecule has 0 radical (unpaired) electrons. The molecule has 106 valence electrons. The van der Waals surface area contributed by atoms with Gasteiger partial charge in [-0.25, -0.2) is 9.97 Å². The Morgan fingerprint density at radius 2 is 2.10 bits per heavy atom. The standard InChI is InChI=1S/C15H12ClN3O2/c1-21-13(20)9-19-14(10-5-2-3-6-11(10)16)18-12-7-4-8-17-15(12)19/h2-8H,9H2,1H3. The summed E-state index contributed by atoms with van der Waals surface area (Å²) in [5.41, 5.74) is 2.08. The zero-order valence-corrected chi connectivity index (χ0v) is 12.0. The van der Waals surface area contributed by atoms with Crippen LogP contribution in [-0.4, -0.2) is 27.6 Å². The number of carbonyl (C=O) groups excluding carboxylic acids is 1. The second kappa shape index (κ2) is 5.54. The van der Waals surface area contributed by atoms with Crippen molar-refractivity contribution in [1.29, 1.82) is 0 Å². The number of pyridine rings is 1. The largest absolute Gasteiger partial charge is 0.468 e. The third-order valence-electron chi connectivity index (χ3n) is 3.13. The highest BCUT2D eigenvalue weighted by Gasteiger charge is 2.17. The van der Waals surface area contributed by atoms with Gasteiger partial charge in [0.2, 0.25) is 0 Å². The van der Waals surface area contributed by atoms with E-state index in [1.807, 2.05) is 24.3 Å². The van der Waals surface area contributed by atoms with E-state index in [9.17, 15) is 4.79 Å². The Labute approximate surface area is 126 Å². The number of carbonyl (C=O) groups is 1. The Balaban J connectivity index is 2.24. The van der Waals surface area contributed by atoms with Crippen LogP contribution in [0.3, 0.4) is 0 Å². The van der Waals surface area contributed by atoms with Crippen LogP contribution in [0.1, 0.15) is 0 Å². The molecular weight excluding hydrogens is 290 g/mol. The summed E-state index contributed by atoms with van der Waals surface area (Å²) in [5.74, 6) is 0.230. The van der Waals surface area contributed by atoms with Gasteiger partial charge in [0, 0.05) is 11.8 Å². The average Bonchev–Trinajstić information content (AvgIpc) is 2.86. The lowest BCUT2D eigenvalue weighted by molar-refractivity contribution is -0.141. The van der Waals surface area contributed by atoms with Gasteiger partial charge in [-0.1, -0.05) is 23.7 Å². The molecule has 21 heavy (non-hydrogen) atoms. The van der Waals surface area contributed by atoms with E-state index < -0.39 is 0 Å². The molecule has 0 atom stereocenters. The van der Waals surface area contributed by atoms with E-state index in [0.717, 1.165) is 5.56 Å². The van der Waals surface area contributed by atoms with E-state index in [-0.39, 0.29) is 12.5 Å². The zero-order valence-electron chi connectivity index (χ0n) is 11.3. The number of hydrogen-bond donors (Lipinski definition) is 0. The minimum absolute atomic E-state index is 0.0323. The molecule has 6 heteroatoms. The van der Waals surface area contributed by atoms with Crippen molar-refractivity contribution < 1.29 is 9.53 Å². The van der Waals surface area contributed by atoms with Crippen LogP contribution in [0.15, 0.2) is 42.6 Å². The molecule has 2 heterocycles. The fourth-order valence-corrected chi connectivity index (χ4v) is 2.37. The third kappa shape index (κ3) is 2.48. The predicted molar refractivity (Wildman–Crippen MR) is 80.0 cm³/mol. The second-order valence-electron chi connectivity index (χ2n) is 4.42. The fourth-order valence-electron chi connectivity index (χ4n) is 2.15. The van der Waals surface area contributed by atoms with Crippen LogP contribution in [0.25, 0.3) is 22.6 Å². The molecule has 3 aromatic rings. The Hall–Kier alpha value is -2.40. The van der Waals surface area contributed by atoms with Gasteiger partial charge in [0.05, 0.1) is 12.1 Å². The van der Waals surface area contributed by atoms with Crippen molar-refractivity contribution >= 4 is 28.7 Å². The maximum Gasteiger partial charge on any atom is 0.325 e. The molecule has 0 spiro atoms. The number of fused-ring (bicyclic) bond motifs is 1. The van der Waals surface area contributed by atoms with Gasteiger partial charge in [0.25, 0.3) is 0 Å². The number of aromatic nitrogens is 3. The van der Waals surface area contributed by atoms with Crippen molar-refractivity contribution in [1.82, 2.24) is 14.5 Å². The summed E-state index contributed by atoms with van der Waals surface area (Å²) in [5, 5.41) is 0.568. The number of halogens is 1. The van der Waals surface area contributed by atoms with Crippen molar-refractivity contribution in [2.75, 3.05) is 7.11 Å². The Kier molecular flexibility index (Phi) is 3.58. The summed E-state index contributed by atoms with van der Waals surface area (Å²) < 4.78 is 6.46. The van der Waals surface area contributed by atoms with Gasteiger partial charge in [-0.05, 0) is 24.3 Å². The summed E-state index contributed by atoms with van der Waals surface area (Å²) in [6.07, 6.45) is 1.66. The van der Waals surface area contributed by atoms with Crippen LogP contribution in [0, 0.1) is 0 Å². The molecule has 3 rings (SSSR count). The van der Waals surface area contributed by atoms with Gasteiger partial charge in [-0.2, -0.15) is 0 Å². The summed E-state index contributed by atoms with van der Waals surface area (Å²) in [7, 11) is 1.35. The van der Waals surface area contributed by atoms with Crippen LogP contribution >= 0.6 is 11.6 Å². The minimum atomic E-state index is -0.367. The minimum Gasteiger partial charge on any atom is -0.468 e. The van der Waals surface area contributed by atoms with Gasteiger partial charge in [-0.15, -0.1) is 0 Å². The average molecular weight is 302 g/mol. The SMILES string of the molecule is COC(=O)Cn1c(-c2ccccc2Cl)nc2cccnc21. The van der Waals surface area contributed by atoms with Crippen LogP contribution in [0.5, 0.6) is 0 Å². The van der Waals surface area contributed by atoms with Crippen molar-refractivity contribution in [3.63, 3.8) is 0 Å². The predicted octanol–water partition coefficient (Wildman–Crippen LogP) is 2.92. The van der Waals surface area contributed by atoms with Crippen LogP contribution in [0.4, 0.5) is 0 Å². The first-order chi connectivity index (χ1) is 10.2. The summed E-state index contributed by atoms with van der Waals surface area (Å²) >= 11 is 6.24. The van der Waals surface area contributed by atoms with Gasteiger partial charge >= 0.3 is 5.97 Å². The number of imidazole rings is 1. The molecule has 0 fully saturated rings. The number of benzene rings is 1. The third-order valence-corrected chi connectivity index (χ3v) is 3.46. The highest BCUT2D eigenvalue weighted by molar-refractivity contribution is 6.33. The van der Waals surface area contributed by atoms with Crippen LogP contribution in [0.2, 0.25) is 5.02 Å². The first-order valence-corrected chi connectivity index (χ1v) is 6.71. The fraction of sp³-hybridized carbons (Fsp3) is 0.133. The molecule has 0 unspecified atom stereocenters. The van der Waals surface area contributed by atoms with E-state index >= 15 is 0 Å². The number of esters is 1. The van der Waals surface area contributed by atoms with Gasteiger partial charge < -0.3 is 4.74 Å². The highest BCUT2D eigenvalue weighted by Crippen LogP contribution is 2.29. The monoisotopic (exact) mass is 301 g/mol. The zero-order chi connectivity index (χ0) is 14.8. The molecule has 5 nitrogen and oxygen atoms in total. The normalized spacial score (nSPS) is 10.8. The topological polar surface area (TPSA) is 57.0 Å². The molecule has 2 aromatic heterocycles. The van der Waals surface area contributed by atoms with Gasteiger partial charge in [0.1, 0.15) is 17.9 Å². The van der Waals surface area contributed by atoms with Crippen molar-refractivity contribution in [2.24, 2.45) is 0 Å². The molecule has 0 N–H and O–H groups in total. The Bertz CT molecular complexity index is 814. The second-order valence-corrected chi connectivity index (χ2v) is 4.83. The van der Waals surface area contributed by atoms with E-state index in [0.29, 0.717) is 22.0 Å². The lowest BCUT2D eigenvalue weighted by atomic mass is 10.2. The molecule has 0 bridgehead atoms. The molecule has 0 aliphatic heterocycles. The molecule has 0 aliphatic carbocycles. The van der Waals surface area contributed by atoms with E-state index in [4.69, 9.17) is 16.3 Å². The lowest BCUT2D eigenvalue weighted by Crippen LogP contribution is -2.13. The molecular formula is C15H12ClN3O2. The molecule has 0 saturated heterocycles. The number of nitrogens with zero attached hydrogens (tertiary/aromatic N) is 3. The first kappa shape index (κ1) is 13.6. The number of methoxy groups -OCH3 is 1. The van der Waals surface area contributed by atoms with Gasteiger partial charge in [0.15, 0.2) is 5.65 Å². The van der Waals surface area contributed by atoms with Crippen molar-refractivity contribution in [3.05, 3.63) is 47.6 Å². The quantitative estimate of drug-likeness (QED) is 0.698. The van der Waals surface area contributed by atoms with Crippen molar-refractivity contribution in [2.45, 2.75) is 6.54 Å². The Morgan fingerprint density at radius 1 is 1.29 bits per heavy atom. The number of rotatable bonds is 3. The van der Waals surface area contributed by atoms with Crippen LogP contribution < -0.4 is 0 Å². The summed E-state index contributed by atoms with van der Waals surface area (Å²) in [4.78, 5) is 20.5. The first-order valence-electron chi connectivity index (χ1n) is 6.33. The van der Waals surface area contributed by atoms with Gasteiger partial charge in [-0.3, -0.25) is 9.36 Å². The molecule has 0 aliphatic rings. The number of ether oxygens (including phenoxy) is 1. The van der Waals surface area contributed by atoms with E-state index in [1.165, 1.54) is 7.11 Å². The molecule has 1 aromatic carbocycles. The summed E-state index contributed by atoms with van der Waals surface area (Å²) in [6, 6.07) is 11.0. The number of hydrogen-bond acceptors (Lipinski definition) is 4. The molecule has 0 saturated carbocycles. The maximum atomic E-state index is 11.7.